The summed E-state index contributed by atoms with van der Waals surface area (Å²) in [5.41, 5.74) is 1.39. The number of halogens is 1. The molecule has 0 spiro atoms. The largest absolute Gasteiger partial charge is 0.334 e. The summed E-state index contributed by atoms with van der Waals surface area (Å²) in [4.78, 5) is 11.2. The molecule has 4 heteroatoms. The van der Waals surface area contributed by atoms with Crippen LogP contribution < -0.4 is 4.90 Å². The Hall–Kier alpha value is -0.900. The fraction of sp³-hybridized carbons (Fsp3) is 0.500. The molecule has 0 radical (unpaired) electrons. The van der Waals surface area contributed by atoms with E-state index in [1.54, 1.807) is 0 Å². The van der Waals surface area contributed by atoms with Gasteiger partial charge in [0, 0.05) is 24.5 Å². The maximum Gasteiger partial charge on any atom is 0.225 e. The highest BCUT2D eigenvalue weighted by Gasteiger charge is 2.39. The molecule has 2 fully saturated rings. The summed E-state index contributed by atoms with van der Waals surface area (Å²) in [5.74, 6) is 0.878. The Morgan fingerprint density at radius 1 is 1.19 bits per heavy atom. The van der Waals surface area contributed by atoms with Gasteiger partial charge in [-0.1, -0.05) is 12.2 Å². The molecule has 3 rings (SSSR count). The lowest BCUT2D eigenvalue weighted by molar-refractivity contribution is 0.539. The van der Waals surface area contributed by atoms with Crippen LogP contribution in [0.1, 0.15) is 25.7 Å². The van der Waals surface area contributed by atoms with Crippen molar-refractivity contribution in [1.29, 1.82) is 0 Å². The lowest BCUT2D eigenvalue weighted by Crippen LogP contribution is -2.41. The van der Waals surface area contributed by atoms with Gasteiger partial charge in [0.05, 0.1) is 4.47 Å². The number of anilines is 1. The van der Waals surface area contributed by atoms with E-state index in [0.29, 0.717) is 12.1 Å². The van der Waals surface area contributed by atoms with Gasteiger partial charge in [-0.15, -0.1) is 0 Å². The quantitative estimate of drug-likeness (QED) is 0.741. The van der Waals surface area contributed by atoms with Gasteiger partial charge in [-0.25, -0.2) is 9.97 Å². The Morgan fingerprint density at radius 2 is 1.75 bits per heavy atom. The van der Waals surface area contributed by atoms with Crippen molar-refractivity contribution in [3.63, 3.8) is 0 Å². The third-order valence-corrected chi connectivity index (χ3v) is 3.92. The number of piperidine rings is 1. The minimum Gasteiger partial charge on any atom is -0.334 e. The van der Waals surface area contributed by atoms with E-state index in [2.05, 4.69) is 37.4 Å². The molecule has 16 heavy (non-hydrogen) atoms. The van der Waals surface area contributed by atoms with Crippen LogP contribution in [-0.4, -0.2) is 22.1 Å². The van der Waals surface area contributed by atoms with Crippen LogP contribution in [0.2, 0.25) is 0 Å². The van der Waals surface area contributed by atoms with Gasteiger partial charge in [0.2, 0.25) is 5.95 Å². The lowest BCUT2D eigenvalue weighted by atomic mass is 9.99. The van der Waals surface area contributed by atoms with E-state index < -0.39 is 0 Å². The smallest absolute Gasteiger partial charge is 0.225 e. The van der Waals surface area contributed by atoms with E-state index in [1.165, 1.54) is 18.4 Å². The average molecular weight is 280 g/mol. The maximum absolute atomic E-state index is 4.41. The van der Waals surface area contributed by atoms with Gasteiger partial charge >= 0.3 is 0 Å². The highest BCUT2D eigenvalue weighted by molar-refractivity contribution is 9.10. The fourth-order valence-corrected chi connectivity index (χ4v) is 3.08. The molecule has 2 saturated heterocycles. The summed E-state index contributed by atoms with van der Waals surface area (Å²) in [6.45, 7) is 4.12. The molecule has 3 nitrogen and oxygen atoms in total. The van der Waals surface area contributed by atoms with Gasteiger partial charge in [-0.3, -0.25) is 0 Å². The van der Waals surface area contributed by atoms with Crippen LogP contribution in [-0.2, 0) is 0 Å². The van der Waals surface area contributed by atoms with E-state index in [1.807, 2.05) is 12.4 Å². The Bertz CT molecular complexity index is 399. The van der Waals surface area contributed by atoms with E-state index in [9.17, 15) is 0 Å². The van der Waals surface area contributed by atoms with Crippen LogP contribution in [0.4, 0.5) is 5.95 Å². The molecule has 1 aromatic heterocycles. The molecule has 2 aliphatic heterocycles. The van der Waals surface area contributed by atoms with Crippen molar-refractivity contribution in [1.82, 2.24) is 9.97 Å². The van der Waals surface area contributed by atoms with E-state index >= 15 is 0 Å². The first-order chi connectivity index (χ1) is 7.74. The van der Waals surface area contributed by atoms with Crippen molar-refractivity contribution in [2.45, 2.75) is 37.8 Å². The second-order valence-corrected chi connectivity index (χ2v) is 5.57. The normalized spacial score (nSPS) is 28.6. The fourth-order valence-electron chi connectivity index (χ4n) is 2.88. The van der Waals surface area contributed by atoms with E-state index in [4.69, 9.17) is 0 Å². The second kappa shape index (κ2) is 3.84. The molecule has 2 bridgehead atoms. The highest BCUT2D eigenvalue weighted by atomic mass is 79.9. The molecule has 2 atom stereocenters. The number of hydrogen-bond donors (Lipinski definition) is 0. The van der Waals surface area contributed by atoms with Crippen LogP contribution in [0.25, 0.3) is 0 Å². The van der Waals surface area contributed by atoms with E-state index in [-0.39, 0.29) is 0 Å². The standard InChI is InChI=1S/C12H14BrN3/c1-8-4-10-2-3-11(5-8)16(10)12-14-6-9(13)7-15-12/h6-7,10-11H,1-5H2. The number of fused-ring (bicyclic) bond motifs is 2. The van der Waals surface area contributed by atoms with Crippen molar-refractivity contribution in [3.8, 4) is 0 Å². The summed E-state index contributed by atoms with van der Waals surface area (Å²) >= 11 is 3.37. The third-order valence-electron chi connectivity index (χ3n) is 3.51. The first kappa shape index (κ1) is 10.3. The van der Waals surface area contributed by atoms with Crippen LogP contribution >= 0.6 is 15.9 Å². The number of nitrogens with zero attached hydrogens (tertiary/aromatic N) is 3. The van der Waals surface area contributed by atoms with Gasteiger partial charge in [-0.05, 0) is 41.6 Å². The zero-order valence-corrected chi connectivity index (χ0v) is 10.7. The van der Waals surface area contributed by atoms with Gasteiger partial charge < -0.3 is 4.90 Å². The summed E-state index contributed by atoms with van der Waals surface area (Å²) in [5, 5.41) is 0. The number of aromatic nitrogens is 2. The van der Waals surface area contributed by atoms with Crippen molar-refractivity contribution >= 4 is 21.9 Å². The lowest BCUT2D eigenvalue weighted by Gasteiger charge is -2.35. The molecule has 1 aromatic rings. The minimum absolute atomic E-state index is 0.576. The zero-order valence-electron chi connectivity index (χ0n) is 9.06. The highest BCUT2D eigenvalue weighted by Crippen LogP contribution is 2.39. The van der Waals surface area contributed by atoms with Gasteiger partial charge in [0.1, 0.15) is 0 Å². The SMILES string of the molecule is C=C1CC2CCC(C1)N2c1ncc(Br)cn1. The van der Waals surface area contributed by atoms with Gasteiger partial charge in [0.15, 0.2) is 0 Å². The molecule has 0 saturated carbocycles. The van der Waals surface area contributed by atoms with Crippen LogP contribution in [0.5, 0.6) is 0 Å². The minimum atomic E-state index is 0.576. The summed E-state index contributed by atoms with van der Waals surface area (Å²) in [7, 11) is 0. The topological polar surface area (TPSA) is 29.0 Å². The predicted molar refractivity (Wildman–Crippen MR) is 67.4 cm³/mol. The van der Waals surface area contributed by atoms with Gasteiger partial charge in [-0.2, -0.15) is 0 Å². The van der Waals surface area contributed by atoms with Gasteiger partial charge in [0.25, 0.3) is 0 Å². The number of hydrogen-bond acceptors (Lipinski definition) is 3. The molecule has 3 heterocycles. The van der Waals surface area contributed by atoms with Crippen molar-refractivity contribution < 1.29 is 0 Å². The predicted octanol–water partition coefficient (Wildman–Crippen LogP) is 2.93. The molecular formula is C12H14BrN3. The van der Waals surface area contributed by atoms with Crippen molar-refractivity contribution in [2.75, 3.05) is 4.90 Å². The molecule has 2 aliphatic rings. The van der Waals surface area contributed by atoms with E-state index in [0.717, 1.165) is 23.3 Å². The second-order valence-electron chi connectivity index (χ2n) is 4.65. The molecule has 2 unspecified atom stereocenters. The molecule has 0 N–H and O–H groups in total. The first-order valence-corrected chi connectivity index (χ1v) is 6.46. The Kier molecular flexibility index (Phi) is 2.46. The third kappa shape index (κ3) is 1.65. The van der Waals surface area contributed by atoms with Crippen LogP contribution in [0, 0.1) is 0 Å². The van der Waals surface area contributed by atoms with Crippen LogP contribution in [0.3, 0.4) is 0 Å². The van der Waals surface area contributed by atoms with Crippen LogP contribution in [0.15, 0.2) is 29.0 Å². The molecule has 0 amide bonds. The Morgan fingerprint density at radius 3 is 2.31 bits per heavy atom. The van der Waals surface area contributed by atoms with Crippen molar-refractivity contribution in [3.05, 3.63) is 29.0 Å². The summed E-state index contributed by atoms with van der Waals surface area (Å²) < 4.78 is 0.935. The molecular weight excluding hydrogens is 266 g/mol. The maximum atomic E-state index is 4.41. The summed E-state index contributed by atoms with van der Waals surface area (Å²) in [6, 6.07) is 1.15. The molecule has 0 aliphatic carbocycles. The monoisotopic (exact) mass is 279 g/mol. The average Bonchev–Trinajstić information content (AvgIpc) is 2.54. The van der Waals surface area contributed by atoms with Crippen molar-refractivity contribution in [2.24, 2.45) is 0 Å². The molecule has 0 aromatic carbocycles. The first-order valence-electron chi connectivity index (χ1n) is 5.66. The summed E-state index contributed by atoms with van der Waals surface area (Å²) in [6.07, 6.45) is 8.37. The molecule has 84 valence electrons. The zero-order chi connectivity index (χ0) is 11.1. The number of rotatable bonds is 1. The Balaban J connectivity index is 1.90. The Labute approximate surface area is 104 Å².